The molecule has 0 saturated heterocycles. The molecule has 2 heterocycles. The van der Waals surface area contributed by atoms with Crippen molar-refractivity contribution < 1.29 is 0 Å². The monoisotopic (exact) mass is 186 g/mol. The Morgan fingerprint density at radius 1 is 1.29 bits per heavy atom. The van der Waals surface area contributed by atoms with Crippen LogP contribution in [0.5, 0.6) is 0 Å². The molecule has 0 radical (unpaired) electrons. The van der Waals surface area contributed by atoms with Crippen LogP contribution in [0.1, 0.15) is 0 Å². The van der Waals surface area contributed by atoms with Gasteiger partial charge in [-0.1, -0.05) is 6.07 Å². The molecule has 3 rings (SSSR count). The number of hydrogen-bond donors (Lipinski definition) is 2. The number of H-pyrrole nitrogens is 1. The Morgan fingerprint density at radius 2 is 2.21 bits per heavy atom. The second kappa shape index (κ2) is 2.41. The molecule has 5 heteroatoms. The minimum absolute atomic E-state index is 0.190. The molecule has 1 aliphatic heterocycles. The van der Waals surface area contributed by atoms with E-state index in [1.807, 2.05) is 6.07 Å². The zero-order chi connectivity index (χ0) is 9.54. The molecule has 0 unspecified atom stereocenters. The van der Waals surface area contributed by atoms with Gasteiger partial charge in [-0.2, -0.15) is 5.10 Å². The van der Waals surface area contributed by atoms with Crippen LogP contribution in [0.25, 0.3) is 10.8 Å². The highest BCUT2D eigenvalue weighted by Crippen LogP contribution is 2.30. The van der Waals surface area contributed by atoms with Gasteiger partial charge in [-0.25, -0.2) is 10.1 Å². The van der Waals surface area contributed by atoms with E-state index in [-0.39, 0.29) is 5.56 Å². The third-order valence-corrected chi connectivity index (χ3v) is 2.20. The van der Waals surface area contributed by atoms with E-state index in [0.717, 1.165) is 11.1 Å². The predicted octanol–water partition coefficient (Wildman–Crippen LogP) is 1.01. The fourth-order valence-electron chi connectivity index (χ4n) is 1.58. The van der Waals surface area contributed by atoms with Crippen molar-refractivity contribution in [3.8, 4) is 0 Å². The summed E-state index contributed by atoms with van der Waals surface area (Å²) in [7, 11) is 0. The molecule has 1 aromatic heterocycles. The van der Waals surface area contributed by atoms with Gasteiger partial charge in [0.15, 0.2) is 5.82 Å². The lowest BCUT2D eigenvalue weighted by atomic mass is 10.1. The molecule has 0 fully saturated rings. The molecule has 0 aliphatic carbocycles. The Morgan fingerprint density at radius 3 is 3.14 bits per heavy atom. The van der Waals surface area contributed by atoms with Gasteiger partial charge in [0.05, 0.1) is 22.8 Å². The van der Waals surface area contributed by atoms with Gasteiger partial charge in [-0.3, -0.25) is 4.79 Å². The van der Waals surface area contributed by atoms with Gasteiger partial charge >= 0.3 is 0 Å². The van der Waals surface area contributed by atoms with Crippen molar-refractivity contribution >= 4 is 28.6 Å². The first-order valence-electron chi connectivity index (χ1n) is 4.17. The average Bonchev–Trinajstić information content (AvgIpc) is 2.24. The van der Waals surface area contributed by atoms with Crippen LogP contribution in [-0.2, 0) is 0 Å². The lowest BCUT2D eigenvalue weighted by molar-refractivity contribution is 1.02. The van der Waals surface area contributed by atoms with Crippen LogP contribution in [0.3, 0.4) is 0 Å². The lowest BCUT2D eigenvalue weighted by Crippen LogP contribution is -2.13. The highest BCUT2D eigenvalue weighted by atomic mass is 16.1. The van der Waals surface area contributed by atoms with Crippen molar-refractivity contribution in [2.24, 2.45) is 4.99 Å². The van der Waals surface area contributed by atoms with E-state index >= 15 is 0 Å². The summed E-state index contributed by atoms with van der Waals surface area (Å²) in [5.74, 6) is 0.644. The fourth-order valence-corrected chi connectivity index (χ4v) is 1.58. The summed E-state index contributed by atoms with van der Waals surface area (Å²) in [6.45, 7) is 0. The molecule has 2 N–H and O–H groups in total. The normalized spacial score (nSPS) is 12.9. The number of rotatable bonds is 0. The number of aromatic amines is 1. The summed E-state index contributed by atoms with van der Waals surface area (Å²) in [5, 5.41) is 10.6. The molecular formula is C9H6N4O. The molecule has 14 heavy (non-hydrogen) atoms. The molecule has 68 valence electrons. The van der Waals surface area contributed by atoms with E-state index in [1.165, 1.54) is 0 Å². The van der Waals surface area contributed by atoms with Crippen LogP contribution in [0.15, 0.2) is 28.0 Å². The maximum absolute atomic E-state index is 11.4. The smallest absolute Gasteiger partial charge is 0.272 e. The highest BCUT2D eigenvalue weighted by Gasteiger charge is 2.11. The first-order valence-corrected chi connectivity index (χ1v) is 4.17. The number of aromatic nitrogens is 2. The molecular weight excluding hydrogens is 180 g/mol. The van der Waals surface area contributed by atoms with Crippen LogP contribution in [-0.4, -0.2) is 16.5 Å². The topological polar surface area (TPSA) is 70.1 Å². The van der Waals surface area contributed by atoms with Crippen LogP contribution < -0.4 is 10.9 Å². The largest absolute Gasteiger partial charge is 0.329 e. The molecule has 0 amide bonds. The number of nitrogens with zero attached hydrogens (tertiary/aromatic N) is 2. The maximum Gasteiger partial charge on any atom is 0.272 e. The van der Waals surface area contributed by atoms with E-state index in [0.29, 0.717) is 11.2 Å². The van der Waals surface area contributed by atoms with E-state index in [4.69, 9.17) is 0 Å². The number of benzene rings is 1. The quantitative estimate of drug-likeness (QED) is 0.645. The average molecular weight is 186 g/mol. The summed E-state index contributed by atoms with van der Waals surface area (Å²) in [6, 6.07) is 5.41. The van der Waals surface area contributed by atoms with Crippen molar-refractivity contribution in [2.75, 3.05) is 5.32 Å². The molecule has 2 aromatic rings. The van der Waals surface area contributed by atoms with Crippen LogP contribution >= 0.6 is 0 Å². The Bertz CT molecular complexity index is 599. The molecule has 1 aliphatic rings. The van der Waals surface area contributed by atoms with Gasteiger partial charge < -0.3 is 5.32 Å². The molecule has 5 nitrogen and oxygen atoms in total. The molecule has 0 bridgehead atoms. The highest BCUT2D eigenvalue weighted by molar-refractivity contribution is 6.06. The zero-order valence-electron chi connectivity index (χ0n) is 7.11. The third-order valence-electron chi connectivity index (χ3n) is 2.20. The number of nitrogens with one attached hydrogen (secondary N) is 2. The minimum Gasteiger partial charge on any atom is -0.329 e. The van der Waals surface area contributed by atoms with Crippen molar-refractivity contribution in [1.82, 2.24) is 10.2 Å². The second-order valence-corrected chi connectivity index (χ2v) is 3.00. The summed E-state index contributed by atoms with van der Waals surface area (Å²) >= 11 is 0. The lowest BCUT2D eigenvalue weighted by Gasteiger charge is -2.10. The summed E-state index contributed by atoms with van der Waals surface area (Å²) in [6.07, 6.45) is 1.56. The number of anilines is 1. The van der Waals surface area contributed by atoms with E-state index in [2.05, 4.69) is 20.5 Å². The van der Waals surface area contributed by atoms with Crippen molar-refractivity contribution in [2.45, 2.75) is 0 Å². The first-order chi connectivity index (χ1) is 6.86. The van der Waals surface area contributed by atoms with Crippen LogP contribution in [0.2, 0.25) is 0 Å². The second-order valence-electron chi connectivity index (χ2n) is 3.00. The molecule has 1 aromatic carbocycles. The summed E-state index contributed by atoms with van der Waals surface area (Å²) in [4.78, 5) is 15.5. The Kier molecular flexibility index (Phi) is 1.25. The molecule has 0 saturated carbocycles. The van der Waals surface area contributed by atoms with Gasteiger partial charge in [-0.15, -0.1) is 0 Å². The SMILES string of the molecule is O=c1[nH]nc2c3c(cccc13)N=CN2. The first kappa shape index (κ1) is 7.25. The van der Waals surface area contributed by atoms with Gasteiger partial charge in [0, 0.05) is 0 Å². The van der Waals surface area contributed by atoms with Crippen molar-refractivity contribution in [1.29, 1.82) is 0 Å². The van der Waals surface area contributed by atoms with Gasteiger partial charge in [-0.05, 0) is 12.1 Å². The van der Waals surface area contributed by atoms with Gasteiger partial charge in [0.2, 0.25) is 0 Å². The van der Waals surface area contributed by atoms with E-state index < -0.39 is 0 Å². The fraction of sp³-hybridized carbons (Fsp3) is 0. The number of hydrogen-bond acceptors (Lipinski definition) is 4. The minimum atomic E-state index is -0.190. The van der Waals surface area contributed by atoms with Gasteiger partial charge in [0.25, 0.3) is 5.56 Å². The van der Waals surface area contributed by atoms with Crippen molar-refractivity contribution in [3.63, 3.8) is 0 Å². The van der Waals surface area contributed by atoms with Crippen molar-refractivity contribution in [3.05, 3.63) is 28.6 Å². The predicted molar refractivity (Wildman–Crippen MR) is 54.1 cm³/mol. The Labute approximate surface area is 78.5 Å². The van der Waals surface area contributed by atoms with Crippen LogP contribution in [0.4, 0.5) is 11.5 Å². The zero-order valence-corrected chi connectivity index (χ0v) is 7.11. The molecule has 0 atom stereocenters. The number of aliphatic imine (C=N–C) groups is 1. The summed E-state index contributed by atoms with van der Waals surface area (Å²) < 4.78 is 0. The molecule has 0 spiro atoms. The van der Waals surface area contributed by atoms with E-state index in [9.17, 15) is 4.79 Å². The maximum atomic E-state index is 11.4. The van der Waals surface area contributed by atoms with Crippen LogP contribution in [0, 0.1) is 0 Å². The Balaban J connectivity index is 2.63. The Hall–Kier alpha value is -2.17. The standard InChI is InChI=1S/C9H6N4O/c14-9-5-2-1-3-6-7(5)8(12-13-9)11-4-10-6/h1-4H,(H,13,14)(H,10,11,12). The van der Waals surface area contributed by atoms with Gasteiger partial charge in [0.1, 0.15) is 0 Å². The van der Waals surface area contributed by atoms with E-state index in [1.54, 1.807) is 18.5 Å². The third kappa shape index (κ3) is 0.806. The summed E-state index contributed by atoms with van der Waals surface area (Å²) in [5.41, 5.74) is 0.583.